The number of hydrogen-bond acceptors (Lipinski definition) is 2. The zero-order valence-electron chi connectivity index (χ0n) is 16.0. The summed E-state index contributed by atoms with van der Waals surface area (Å²) < 4.78 is 41.2. The van der Waals surface area contributed by atoms with Crippen LogP contribution in [0.3, 0.4) is 0 Å². The predicted octanol–water partition coefficient (Wildman–Crippen LogP) is 4.00. The molecule has 4 nitrogen and oxygen atoms in total. The number of nitrogens with one attached hydrogen (secondary N) is 1. The highest BCUT2D eigenvalue weighted by molar-refractivity contribution is 5.76. The van der Waals surface area contributed by atoms with Crippen LogP contribution in [0, 0.1) is 5.82 Å². The van der Waals surface area contributed by atoms with Gasteiger partial charge in [-0.2, -0.15) is 0 Å². The Bertz CT molecular complexity index is 887. The van der Waals surface area contributed by atoms with Gasteiger partial charge in [-0.1, -0.05) is 36.4 Å². The van der Waals surface area contributed by atoms with E-state index in [9.17, 15) is 18.0 Å². The molecule has 154 valence electrons. The van der Waals surface area contributed by atoms with Crippen LogP contribution in [0.2, 0.25) is 0 Å². The van der Waals surface area contributed by atoms with Gasteiger partial charge in [0.15, 0.2) is 0 Å². The first-order chi connectivity index (χ1) is 13.8. The molecule has 29 heavy (non-hydrogen) atoms. The highest BCUT2D eigenvalue weighted by Gasteiger charge is 2.41. The van der Waals surface area contributed by atoms with E-state index in [-0.39, 0.29) is 12.2 Å². The van der Waals surface area contributed by atoms with E-state index >= 15 is 0 Å². The highest BCUT2D eigenvalue weighted by Crippen LogP contribution is 2.36. The van der Waals surface area contributed by atoms with Crippen molar-refractivity contribution in [1.29, 1.82) is 0 Å². The third kappa shape index (κ3) is 4.24. The van der Waals surface area contributed by atoms with E-state index in [1.54, 1.807) is 17.0 Å². The Morgan fingerprint density at radius 2 is 1.83 bits per heavy atom. The number of amides is 2. The van der Waals surface area contributed by atoms with Crippen molar-refractivity contribution in [3.8, 4) is 0 Å². The monoisotopic (exact) mass is 403 g/mol. The number of alkyl halides is 2. The first-order valence-corrected chi connectivity index (χ1v) is 9.86. The van der Waals surface area contributed by atoms with Crippen molar-refractivity contribution in [1.82, 2.24) is 10.2 Å². The molecule has 3 atom stereocenters. The predicted molar refractivity (Wildman–Crippen MR) is 104 cm³/mol. The summed E-state index contributed by atoms with van der Waals surface area (Å²) >= 11 is 0. The zero-order valence-corrected chi connectivity index (χ0v) is 16.0. The van der Waals surface area contributed by atoms with Gasteiger partial charge in [-0.3, -0.25) is 0 Å². The van der Waals surface area contributed by atoms with E-state index in [1.807, 2.05) is 24.3 Å². The molecule has 7 heteroatoms. The van der Waals surface area contributed by atoms with Crippen molar-refractivity contribution in [2.24, 2.45) is 5.73 Å². The largest absolute Gasteiger partial charge is 0.335 e. The first-order valence-electron chi connectivity index (χ1n) is 9.86. The van der Waals surface area contributed by atoms with Gasteiger partial charge in [0, 0.05) is 31.5 Å². The molecule has 3 N–H and O–H groups in total. The minimum atomic E-state index is -2.87. The third-order valence-electron chi connectivity index (χ3n) is 5.75. The van der Waals surface area contributed by atoms with E-state index in [2.05, 4.69) is 5.32 Å². The lowest BCUT2D eigenvalue weighted by Crippen LogP contribution is -2.53. The van der Waals surface area contributed by atoms with Crippen molar-refractivity contribution in [3.05, 3.63) is 71.0 Å². The lowest BCUT2D eigenvalue weighted by Gasteiger charge is -2.40. The maximum Gasteiger partial charge on any atom is 0.318 e. The molecule has 0 aromatic heterocycles. The molecular formula is C22H24F3N3O. The van der Waals surface area contributed by atoms with Crippen LogP contribution in [0.1, 0.15) is 42.0 Å². The molecule has 2 aliphatic rings. The molecule has 0 bridgehead atoms. The molecule has 0 spiro atoms. The minimum absolute atomic E-state index is 0.326. The molecule has 2 aromatic carbocycles. The molecule has 1 fully saturated rings. The quantitative estimate of drug-likeness (QED) is 0.796. The molecule has 1 aliphatic heterocycles. The Kier molecular flexibility index (Phi) is 5.25. The van der Waals surface area contributed by atoms with E-state index in [4.69, 9.17) is 5.73 Å². The first kappa shape index (κ1) is 19.8. The summed E-state index contributed by atoms with van der Waals surface area (Å²) in [4.78, 5) is 14.7. The van der Waals surface area contributed by atoms with Crippen molar-refractivity contribution in [2.45, 2.75) is 49.7 Å². The van der Waals surface area contributed by atoms with Crippen molar-refractivity contribution >= 4 is 6.03 Å². The molecule has 1 saturated carbocycles. The van der Waals surface area contributed by atoms with E-state index < -0.39 is 36.5 Å². The topological polar surface area (TPSA) is 58.4 Å². The number of fused-ring (bicyclic) bond motifs is 1. The van der Waals surface area contributed by atoms with Gasteiger partial charge in [0.1, 0.15) is 5.82 Å². The fraction of sp³-hybridized carbons (Fsp3) is 0.409. The van der Waals surface area contributed by atoms with Gasteiger partial charge in [0.05, 0.1) is 6.04 Å². The van der Waals surface area contributed by atoms with Crippen LogP contribution >= 0.6 is 0 Å². The number of nitrogens with zero attached hydrogens (tertiary/aromatic N) is 1. The van der Waals surface area contributed by atoms with Crippen LogP contribution in [0.15, 0.2) is 48.5 Å². The minimum Gasteiger partial charge on any atom is -0.335 e. The number of hydrogen-bond donors (Lipinski definition) is 2. The lowest BCUT2D eigenvalue weighted by molar-refractivity contribution is -0.0490. The Morgan fingerprint density at radius 3 is 2.55 bits per heavy atom. The Morgan fingerprint density at radius 1 is 1.10 bits per heavy atom. The summed E-state index contributed by atoms with van der Waals surface area (Å²) in [6.07, 6.45) is 0.237. The van der Waals surface area contributed by atoms with Gasteiger partial charge < -0.3 is 16.0 Å². The van der Waals surface area contributed by atoms with Crippen molar-refractivity contribution < 1.29 is 18.0 Å². The average molecular weight is 403 g/mol. The molecule has 1 unspecified atom stereocenters. The highest BCUT2D eigenvalue weighted by atomic mass is 19.3. The van der Waals surface area contributed by atoms with Gasteiger partial charge in [-0.25, -0.2) is 18.0 Å². The van der Waals surface area contributed by atoms with Crippen LogP contribution in [0.4, 0.5) is 18.0 Å². The van der Waals surface area contributed by atoms with Crippen LogP contribution in [0.5, 0.6) is 0 Å². The van der Waals surface area contributed by atoms with Gasteiger partial charge >= 0.3 is 6.03 Å². The van der Waals surface area contributed by atoms with Crippen molar-refractivity contribution in [2.75, 3.05) is 6.54 Å². The number of halogens is 3. The number of benzene rings is 2. The number of urea groups is 1. The summed E-state index contributed by atoms with van der Waals surface area (Å²) in [5.74, 6) is -3.23. The lowest BCUT2D eigenvalue weighted by atomic mass is 9.87. The smallest absolute Gasteiger partial charge is 0.318 e. The standard InChI is InChI=1S/C22H24F3N3O/c23-16-7-5-15(6-8-16)20-19-4-2-1-3-14(19)9-10-28(20)21(29)27-18-11-17(26)12-22(24,25)13-18/h1-8,17-18,20H,9-13,26H2,(H,27,29)/t17-,18+,20?/m0/s1. The molecular weight excluding hydrogens is 379 g/mol. The normalized spacial score (nSPS) is 25.9. The summed E-state index contributed by atoms with van der Waals surface area (Å²) in [6, 6.07) is 11.7. The van der Waals surface area contributed by atoms with Crippen molar-refractivity contribution in [3.63, 3.8) is 0 Å². The second-order valence-corrected chi connectivity index (χ2v) is 8.00. The van der Waals surface area contributed by atoms with Crippen LogP contribution in [-0.2, 0) is 6.42 Å². The molecule has 2 amide bonds. The number of rotatable bonds is 2. The Hall–Kier alpha value is -2.54. The third-order valence-corrected chi connectivity index (χ3v) is 5.75. The van der Waals surface area contributed by atoms with E-state index in [1.165, 1.54) is 12.1 Å². The van der Waals surface area contributed by atoms with Gasteiger partial charge in [-0.15, -0.1) is 0 Å². The summed E-state index contributed by atoms with van der Waals surface area (Å²) in [7, 11) is 0. The SMILES string of the molecule is N[C@H]1C[C@@H](NC(=O)N2CCc3ccccc3C2c2ccc(F)cc2)CC(F)(F)C1. The molecule has 1 aliphatic carbocycles. The molecule has 4 rings (SSSR count). The van der Waals surface area contributed by atoms with E-state index in [0.29, 0.717) is 19.4 Å². The maximum atomic E-state index is 13.9. The fourth-order valence-electron chi connectivity index (χ4n) is 4.52. The summed E-state index contributed by atoms with van der Waals surface area (Å²) in [5.41, 5.74) is 8.63. The summed E-state index contributed by atoms with van der Waals surface area (Å²) in [5, 5.41) is 2.77. The van der Waals surface area contributed by atoms with Gasteiger partial charge in [0.25, 0.3) is 5.92 Å². The molecule has 0 saturated heterocycles. The van der Waals surface area contributed by atoms with Crippen LogP contribution in [0.25, 0.3) is 0 Å². The Labute approximate surface area is 167 Å². The Balaban J connectivity index is 1.61. The average Bonchev–Trinajstić information content (AvgIpc) is 2.66. The zero-order chi connectivity index (χ0) is 20.6. The second kappa shape index (κ2) is 7.71. The van der Waals surface area contributed by atoms with Crippen LogP contribution < -0.4 is 11.1 Å². The van der Waals surface area contributed by atoms with Gasteiger partial charge in [0.2, 0.25) is 0 Å². The maximum absolute atomic E-state index is 13.9. The second-order valence-electron chi connectivity index (χ2n) is 8.00. The molecule has 0 radical (unpaired) electrons. The van der Waals surface area contributed by atoms with Crippen LogP contribution in [-0.4, -0.2) is 35.5 Å². The van der Waals surface area contributed by atoms with E-state index in [0.717, 1.165) is 16.7 Å². The fourth-order valence-corrected chi connectivity index (χ4v) is 4.52. The number of nitrogens with two attached hydrogens (primary N) is 1. The molecule has 1 heterocycles. The summed E-state index contributed by atoms with van der Waals surface area (Å²) in [6.45, 7) is 0.445. The molecule has 2 aromatic rings. The van der Waals surface area contributed by atoms with Gasteiger partial charge in [-0.05, 0) is 41.7 Å². The number of carbonyl (C=O) groups is 1. The number of carbonyl (C=O) groups excluding carboxylic acids is 1.